The van der Waals surface area contributed by atoms with Gasteiger partial charge >= 0.3 is 0 Å². The highest BCUT2D eigenvalue weighted by Gasteiger charge is 2.19. The molecule has 0 aliphatic carbocycles. The van der Waals surface area contributed by atoms with E-state index in [1.165, 1.54) is 0 Å². The maximum Gasteiger partial charge on any atom is 0.129 e. The van der Waals surface area contributed by atoms with Crippen LogP contribution in [0.4, 0.5) is 8.78 Å². The van der Waals surface area contributed by atoms with Crippen molar-refractivity contribution in [1.29, 1.82) is 0 Å². The lowest BCUT2D eigenvalue weighted by Crippen LogP contribution is -2.47. The van der Waals surface area contributed by atoms with Crippen LogP contribution in [0.25, 0.3) is 0 Å². The standard InChI is InChI=1S/C12H18F2N2O/c1-12(2,7-15)16-6-11(17)9-5-8(13)3-4-10(9)14/h3-5,11,16-17H,6-7,15H2,1-2H3. The van der Waals surface area contributed by atoms with Crippen molar-refractivity contribution in [1.82, 2.24) is 5.32 Å². The molecule has 0 aliphatic heterocycles. The normalized spacial score (nSPS) is 13.8. The molecule has 0 saturated heterocycles. The van der Waals surface area contributed by atoms with Crippen molar-refractivity contribution >= 4 is 0 Å². The quantitative estimate of drug-likeness (QED) is 0.732. The van der Waals surface area contributed by atoms with Crippen molar-refractivity contribution in [2.75, 3.05) is 13.1 Å². The first-order valence-corrected chi connectivity index (χ1v) is 5.44. The number of hydrogen-bond donors (Lipinski definition) is 3. The molecule has 17 heavy (non-hydrogen) atoms. The van der Waals surface area contributed by atoms with Gasteiger partial charge in [0.05, 0.1) is 6.10 Å². The first-order valence-electron chi connectivity index (χ1n) is 5.44. The topological polar surface area (TPSA) is 58.3 Å². The molecule has 0 aliphatic rings. The van der Waals surface area contributed by atoms with E-state index in [9.17, 15) is 13.9 Å². The fourth-order valence-corrected chi connectivity index (χ4v) is 1.33. The molecular formula is C12H18F2N2O. The van der Waals surface area contributed by atoms with Crippen LogP contribution in [0.15, 0.2) is 18.2 Å². The van der Waals surface area contributed by atoms with Gasteiger partial charge in [-0.1, -0.05) is 0 Å². The largest absolute Gasteiger partial charge is 0.387 e. The molecule has 0 aromatic heterocycles. The first kappa shape index (κ1) is 14.0. The Hall–Kier alpha value is -1.04. The van der Waals surface area contributed by atoms with Gasteiger partial charge in [-0.05, 0) is 32.0 Å². The fraction of sp³-hybridized carbons (Fsp3) is 0.500. The van der Waals surface area contributed by atoms with Crippen LogP contribution in [-0.2, 0) is 0 Å². The van der Waals surface area contributed by atoms with E-state index in [1.807, 2.05) is 13.8 Å². The number of aliphatic hydroxyl groups is 1. The summed E-state index contributed by atoms with van der Waals surface area (Å²) in [5.41, 5.74) is 5.10. The van der Waals surface area contributed by atoms with Crippen LogP contribution < -0.4 is 11.1 Å². The van der Waals surface area contributed by atoms with Crippen LogP contribution >= 0.6 is 0 Å². The van der Waals surface area contributed by atoms with Crippen molar-refractivity contribution in [3.8, 4) is 0 Å². The van der Waals surface area contributed by atoms with E-state index >= 15 is 0 Å². The van der Waals surface area contributed by atoms with E-state index in [2.05, 4.69) is 5.32 Å². The van der Waals surface area contributed by atoms with E-state index in [0.717, 1.165) is 18.2 Å². The predicted molar refractivity (Wildman–Crippen MR) is 62.5 cm³/mol. The monoisotopic (exact) mass is 244 g/mol. The van der Waals surface area contributed by atoms with Crippen LogP contribution in [0, 0.1) is 11.6 Å². The van der Waals surface area contributed by atoms with Crippen molar-refractivity contribution < 1.29 is 13.9 Å². The molecule has 0 saturated carbocycles. The van der Waals surface area contributed by atoms with Gasteiger partial charge in [0.2, 0.25) is 0 Å². The Morgan fingerprint density at radius 3 is 2.65 bits per heavy atom. The van der Waals surface area contributed by atoms with Gasteiger partial charge in [0, 0.05) is 24.2 Å². The van der Waals surface area contributed by atoms with Gasteiger partial charge in [0.1, 0.15) is 11.6 Å². The van der Waals surface area contributed by atoms with E-state index in [1.54, 1.807) is 0 Å². The smallest absolute Gasteiger partial charge is 0.129 e. The number of aliphatic hydroxyl groups excluding tert-OH is 1. The summed E-state index contributed by atoms with van der Waals surface area (Å²) in [6.07, 6.45) is -1.10. The van der Waals surface area contributed by atoms with Gasteiger partial charge in [-0.25, -0.2) is 8.78 Å². The summed E-state index contributed by atoms with van der Waals surface area (Å²) in [5, 5.41) is 12.8. The second-order valence-corrected chi connectivity index (χ2v) is 4.65. The van der Waals surface area contributed by atoms with Crippen molar-refractivity contribution in [2.45, 2.75) is 25.5 Å². The lowest BCUT2D eigenvalue weighted by atomic mass is 10.0. The summed E-state index contributed by atoms with van der Waals surface area (Å²) in [4.78, 5) is 0. The molecule has 5 heteroatoms. The molecule has 96 valence electrons. The minimum atomic E-state index is -1.10. The Kier molecular flexibility index (Phi) is 4.56. The average molecular weight is 244 g/mol. The van der Waals surface area contributed by atoms with E-state index in [0.29, 0.717) is 6.54 Å². The van der Waals surface area contributed by atoms with Gasteiger partial charge in [0.15, 0.2) is 0 Å². The van der Waals surface area contributed by atoms with Crippen LogP contribution in [0.1, 0.15) is 25.5 Å². The third kappa shape index (κ3) is 4.03. The van der Waals surface area contributed by atoms with Gasteiger partial charge in [-0.2, -0.15) is 0 Å². The number of hydrogen-bond acceptors (Lipinski definition) is 3. The number of nitrogens with two attached hydrogens (primary N) is 1. The number of β-amino-alcohol motifs (C(OH)–C–C–N with tert-alkyl or cyclic N) is 1. The molecule has 1 unspecified atom stereocenters. The van der Waals surface area contributed by atoms with Crippen LogP contribution in [0.5, 0.6) is 0 Å². The number of nitrogens with one attached hydrogen (secondary N) is 1. The second kappa shape index (κ2) is 5.53. The van der Waals surface area contributed by atoms with Gasteiger partial charge in [-0.3, -0.25) is 0 Å². The van der Waals surface area contributed by atoms with Crippen molar-refractivity contribution in [2.24, 2.45) is 5.73 Å². The van der Waals surface area contributed by atoms with Crippen molar-refractivity contribution in [3.05, 3.63) is 35.4 Å². The third-order valence-electron chi connectivity index (χ3n) is 2.60. The summed E-state index contributed by atoms with van der Waals surface area (Å²) in [6, 6.07) is 3.02. The van der Waals surface area contributed by atoms with Gasteiger partial charge < -0.3 is 16.2 Å². The lowest BCUT2D eigenvalue weighted by molar-refractivity contribution is 0.157. The summed E-state index contributed by atoms with van der Waals surface area (Å²) in [6.45, 7) is 4.22. The SMILES string of the molecule is CC(C)(CN)NCC(O)c1cc(F)ccc1F. The molecule has 0 fully saturated rings. The lowest BCUT2D eigenvalue weighted by Gasteiger charge is -2.26. The summed E-state index contributed by atoms with van der Waals surface area (Å²) >= 11 is 0. The summed E-state index contributed by atoms with van der Waals surface area (Å²) in [7, 11) is 0. The molecule has 1 atom stereocenters. The first-order chi connectivity index (χ1) is 7.85. The highest BCUT2D eigenvalue weighted by atomic mass is 19.1. The summed E-state index contributed by atoms with van der Waals surface area (Å²) < 4.78 is 26.3. The molecule has 0 radical (unpaired) electrons. The Balaban J connectivity index is 2.70. The molecule has 1 aromatic carbocycles. The number of benzene rings is 1. The Morgan fingerprint density at radius 2 is 2.06 bits per heavy atom. The molecule has 0 amide bonds. The van der Waals surface area contributed by atoms with E-state index < -0.39 is 17.7 Å². The zero-order valence-electron chi connectivity index (χ0n) is 10.0. The molecule has 0 spiro atoms. The third-order valence-corrected chi connectivity index (χ3v) is 2.60. The van der Waals surface area contributed by atoms with Crippen molar-refractivity contribution in [3.63, 3.8) is 0 Å². The van der Waals surface area contributed by atoms with E-state index in [-0.39, 0.29) is 17.6 Å². The Bertz CT molecular complexity index is 383. The average Bonchev–Trinajstić information content (AvgIpc) is 2.29. The zero-order valence-corrected chi connectivity index (χ0v) is 10.0. The van der Waals surface area contributed by atoms with Crippen LogP contribution in [0.3, 0.4) is 0 Å². The molecule has 1 rings (SSSR count). The Morgan fingerprint density at radius 1 is 1.41 bits per heavy atom. The second-order valence-electron chi connectivity index (χ2n) is 4.65. The fourth-order valence-electron chi connectivity index (χ4n) is 1.33. The minimum absolute atomic E-state index is 0.0506. The molecule has 1 aromatic rings. The highest BCUT2D eigenvalue weighted by Crippen LogP contribution is 2.18. The van der Waals surface area contributed by atoms with E-state index in [4.69, 9.17) is 5.73 Å². The minimum Gasteiger partial charge on any atom is -0.387 e. The maximum atomic E-state index is 13.3. The molecule has 3 nitrogen and oxygen atoms in total. The predicted octanol–water partition coefficient (Wildman–Crippen LogP) is 1.33. The molecule has 0 heterocycles. The Labute approximate surface area is 99.6 Å². The van der Waals surface area contributed by atoms with Crippen LogP contribution in [-0.4, -0.2) is 23.7 Å². The van der Waals surface area contributed by atoms with Crippen LogP contribution in [0.2, 0.25) is 0 Å². The van der Waals surface area contributed by atoms with Gasteiger partial charge in [-0.15, -0.1) is 0 Å². The number of halogens is 2. The number of rotatable bonds is 5. The highest BCUT2D eigenvalue weighted by molar-refractivity contribution is 5.21. The molecule has 4 N–H and O–H groups in total. The molecular weight excluding hydrogens is 226 g/mol. The maximum absolute atomic E-state index is 13.3. The molecule has 0 bridgehead atoms. The van der Waals surface area contributed by atoms with Gasteiger partial charge in [0.25, 0.3) is 0 Å². The summed E-state index contributed by atoms with van der Waals surface area (Å²) in [5.74, 6) is -1.19. The zero-order chi connectivity index (χ0) is 13.1.